The number of pyridine rings is 1. The van der Waals surface area contributed by atoms with Crippen LogP contribution in [0.3, 0.4) is 0 Å². The van der Waals surface area contributed by atoms with Gasteiger partial charge in [0.15, 0.2) is 0 Å². The molecule has 0 saturated heterocycles. The first-order chi connectivity index (χ1) is 12.2. The molecule has 0 fully saturated rings. The molecule has 1 unspecified atom stereocenters. The van der Waals surface area contributed by atoms with Gasteiger partial charge in [0.05, 0.1) is 0 Å². The molecule has 0 spiro atoms. The van der Waals surface area contributed by atoms with Gasteiger partial charge in [-0.05, 0) is 47.7 Å². The number of hydrogen-bond donors (Lipinski definition) is 3. The van der Waals surface area contributed by atoms with Crippen molar-refractivity contribution in [3.63, 3.8) is 0 Å². The Bertz CT molecular complexity index is 832. The third-order valence-corrected chi connectivity index (χ3v) is 4.17. The maximum absolute atomic E-state index is 11.4. The predicted molar refractivity (Wildman–Crippen MR) is 98.8 cm³/mol. The van der Waals surface area contributed by atoms with Gasteiger partial charge < -0.3 is 20.3 Å². The minimum absolute atomic E-state index is 0.351. The highest BCUT2D eigenvalue weighted by Gasteiger charge is 2.21. The standard InChI is InChI=1S/C19H22N4O2/c1-2-11-23(16-6-8-20-9-7-16)18(22-19(24)25)13-14-3-4-17-15(12-14)5-10-21-17/h3-10,12,18,21-22H,2,11,13H2,1H3,(H,24,25). The number of nitrogens with zero attached hydrogens (tertiary/aromatic N) is 2. The molecule has 2 aromatic heterocycles. The molecule has 3 rings (SSSR count). The number of benzene rings is 1. The number of H-pyrrole nitrogens is 1. The molecule has 0 radical (unpaired) electrons. The lowest BCUT2D eigenvalue weighted by molar-refractivity contribution is 0.189. The molecular formula is C19H22N4O2. The van der Waals surface area contributed by atoms with Crippen LogP contribution < -0.4 is 10.2 Å². The minimum Gasteiger partial charge on any atom is -0.465 e. The van der Waals surface area contributed by atoms with E-state index in [1.807, 2.05) is 36.5 Å². The zero-order valence-electron chi connectivity index (χ0n) is 14.1. The Morgan fingerprint density at radius 3 is 2.80 bits per heavy atom. The molecular weight excluding hydrogens is 316 g/mol. The Kier molecular flexibility index (Phi) is 5.18. The number of hydrogen-bond acceptors (Lipinski definition) is 3. The van der Waals surface area contributed by atoms with Gasteiger partial charge in [0.2, 0.25) is 0 Å². The minimum atomic E-state index is -1.03. The monoisotopic (exact) mass is 338 g/mol. The number of aromatic nitrogens is 2. The van der Waals surface area contributed by atoms with Crippen LogP contribution in [0.1, 0.15) is 18.9 Å². The zero-order valence-corrected chi connectivity index (χ0v) is 14.1. The summed E-state index contributed by atoms with van der Waals surface area (Å²) in [5, 5.41) is 13.1. The maximum atomic E-state index is 11.4. The van der Waals surface area contributed by atoms with E-state index in [1.165, 1.54) is 0 Å². The Labute approximate surface area is 146 Å². The van der Waals surface area contributed by atoms with Crippen molar-refractivity contribution < 1.29 is 9.90 Å². The summed E-state index contributed by atoms with van der Waals surface area (Å²) in [5.41, 5.74) is 3.12. The van der Waals surface area contributed by atoms with E-state index in [9.17, 15) is 9.90 Å². The van der Waals surface area contributed by atoms with Crippen LogP contribution in [-0.2, 0) is 6.42 Å². The first-order valence-corrected chi connectivity index (χ1v) is 8.39. The molecule has 25 heavy (non-hydrogen) atoms. The van der Waals surface area contributed by atoms with Crippen molar-refractivity contribution in [1.82, 2.24) is 15.3 Å². The second-order valence-corrected chi connectivity index (χ2v) is 5.97. The van der Waals surface area contributed by atoms with Crippen LogP contribution in [0.25, 0.3) is 10.9 Å². The van der Waals surface area contributed by atoms with Crippen molar-refractivity contribution in [3.05, 3.63) is 60.6 Å². The summed E-state index contributed by atoms with van der Waals surface area (Å²) in [6, 6.07) is 12.0. The Hall–Kier alpha value is -3.02. The normalized spacial score (nSPS) is 12.0. The van der Waals surface area contributed by atoms with E-state index in [0.717, 1.165) is 35.1 Å². The molecule has 1 aromatic carbocycles. The van der Waals surface area contributed by atoms with Crippen LogP contribution in [0, 0.1) is 0 Å². The van der Waals surface area contributed by atoms with E-state index in [2.05, 4.69) is 33.2 Å². The number of carbonyl (C=O) groups is 1. The number of fused-ring (bicyclic) bond motifs is 1. The smallest absolute Gasteiger partial charge is 0.406 e. The molecule has 2 heterocycles. The van der Waals surface area contributed by atoms with Crippen LogP contribution in [-0.4, -0.2) is 33.9 Å². The van der Waals surface area contributed by atoms with Crippen molar-refractivity contribution in [2.45, 2.75) is 25.9 Å². The molecule has 0 aliphatic heterocycles. The summed E-state index contributed by atoms with van der Waals surface area (Å²) in [7, 11) is 0. The number of amides is 1. The fourth-order valence-electron chi connectivity index (χ4n) is 3.08. The lowest BCUT2D eigenvalue weighted by atomic mass is 10.1. The van der Waals surface area contributed by atoms with Crippen molar-refractivity contribution >= 4 is 22.7 Å². The first kappa shape index (κ1) is 16.8. The lowest BCUT2D eigenvalue weighted by Crippen LogP contribution is -2.49. The van der Waals surface area contributed by atoms with E-state index in [4.69, 9.17) is 0 Å². The Balaban J connectivity index is 1.89. The molecule has 130 valence electrons. The fraction of sp³-hybridized carbons (Fsp3) is 0.263. The molecule has 3 aromatic rings. The molecule has 1 amide bonds. The Morgan fingerprint density at radius 1 is 1.28 bits per heavy atom. The summed E-state index contributed by atoms with van der Waals surface area (Å²) in [4.78, 5) is 20.7. The van der Waals surface area contributed by atoms with E-state index < -0.39 is 6.09 Å². The number of rotatable bonds is 7. The summed E-state index contributed by atoms with van der Waals surface area (Å²) in [5.74, 6) is 0. The van der Waals surface area contributed by atoms with E-state index in [-0.39, 0.29) is 6.17 Å². The van der Waals surface area contributed by atoms with Crippen LogP contribution in [0.2, 0.25) is 0 Å². The van der Waals surface area contributed by atoms with Crippen molar-refractivity contribution in [1.29, 1.82) is 0 Å². The summed E-state index contributed by atoms with van der Waals surface area (Å²) in [6.07, 6.45) is 5.47. The molecule has 0 aliphatic carbocycles. The third-order valence-electron chi connectivity index (χ3n) is 4.17. The van der Waals surface area contributed by atoms with Gasteiger partial charge in [0.1, 0.15) is 6.17 Å². The molecule has 0 saturated carbocycles. The number of anilines is 1. The number of carboxylic acid groups (broad SMARTS) is 1. The topological polar surface area (TPSA) is 81.2 Å². The van der Waals surface area contributed by atoms with Gasteiger partial charge in [-0.25, -0.2) is 4.79 Å². The van der Waals surface area contributed by atoms with Gasteiger partial charge in [-0.2, -0.15) is 0 Å². The van der Waals surface area contributed by atoms with Crippen LogP contribution >= 0.6 is 0 Å². The third kappa shape index (κ3) is 4.09. The van der Waals surface area contributed by atoms with Crippen LogP contribution in [0.15, 0.2) is 55.0 Å². The summed E-state index contributed by atoms with van der Waals surface area (Å²) < 4.78 is 0. The van der Waals surface area contributed by atoms with E-state index in [0.29, 0.717) is 6.42 Å². The summed E-state index contributed by atoms with van der Waals surface area (Å²) >= 11 is 0. The van der Waals surface area contributed by atoms with Gasteiger partial charge in [-0.1, -0.05) is 13.0 Å². The summed E-state index contributed by atoms with van der Waals surface area (Å²) in [6.45, 7) is 2.83. The van der Waals surface area contributed by atoms with Gasteiger partial charge in [0.25, 0.3) is 0 Å². The van der Waals surface area contributed by atoms with Crippen molar-refractivity contribution in [2.24, 2.45) is 0 Å². The number of aromatic amines is 1. The number of nitrogens with one attached hydrogen (secondary N) is 2. The molecule has 3 N–H and O–H groups in total. The van der Waals surface area contributed by atoms with Gasteiger partial charge in [0, 0.05) is 42.8 Å². The average Bonchev–Trinajstić information content (AvgIpc) is 3.07. The molecule has 0 bridgehead atoms. The second kappa shape index (κ2) is 7.70. The van der Waals surface area contributed by atoms with Crippen LogP contribution in [0.4, 0.5) is 10.5 Å². The van der Waals surface area contributed by atoms with E-state index >= 15 is 0 Å². The highest BCUT2D eigenvalue weighted by molar-refractivity contribution is 5.80. The fourth-order valence-corrected chi connectivity index (χ4v) is 3.08. The molecule has 6 nitrogen and oxygen atoms in total. The first-order valence-electron chi connectivity index (χ1n) is 8.39. The Morgan fingerprint density at radius 2 is 2.08 bits per heavy atom. The molecule has 6 heteroatoms. The van der Waals surface area contributed by atoms with Crippen LogP contribution in [0.5, 0.6) is 0 Å². The highest BCUT2D eigenvalue weighted by Crippen LogP contribution is 2.20. The molecule has 1 atom stereocenters. The average molecular weight is 338 g/mol. The lowest BCUT2D eigenvalue weighted by Gasteiger charge is -2.33. The molecule has 0 aliphatic rings. The van der Waals surface area contributed by atoms with Gasteiger partial charge in [-0.3, -0.25) is 4.98 Å². The maximum Gasteiger partial charge on any atom is 0.406 e. The van der Waals surface area contributed by atoms with E-state index in [1.54, 1.807) is 12.4 Å². The van der Waals surface area contributed by atoms with Gasteiger partial charge in [-0.15, -0.1) is 0 Å². The second-order valence-electron chi connectivity index (χ2n) is 5.97. The zero-order chi connectivity index (χ0) is 17.6. The predicted octanol–water partition coefficient (Wildman–Crippen LogP) is 3.62. The van der Waals surface area contributed by atoms with Crippen molar-refractivity contribution in [2.75, 3.05) is 11.4 Å². The van der Waals surface area contributed by atoms with Gasteiger partial charge >= 0.3 is 6.09 Å². The highest BCUT2D eigenvalue weighted by atomic mass is 16.4. The van der Waals surface area contributed by atoms with Crippen molar-refractivity contribution in [3.8, 4) is 0 Å². The largest absolute Gasteiger partial charge is 0.465 e. The quantitative estimate of drug-likeness (QED) is 0.575. The SMILES string of the molecule is CCCN(c1ccncc1)C(Cc1ccc2[nH]ccc2c1)NC(=O)O.